The van der Waals surface area contributed by atoms with Gasteiger partial charge in [0, 0.05) is 6.61 Å². The number of hydrogen-bond donors (Lipinski definition) is 0. The second kappa shape index (κ2) is 5.47. The van der Waals surface area contributed by atoms with Crippen molar-refractivity contribution in [2.24, 2.45) is 0 Å². The molecule has 0 saturated carbocycles. The minimum Gasteiger partial charge on any atom is -0.376 e. The summed E-state index contributed by atoms with van der Waals surface area (Å²) < 4.78 is 10.9. The first-order chi connectivity index (χ1) is 6.27. The fourth-order valence-electron chi connectivity index (χ4n) is 0.935. The zero-order chi connectivity index (χ0) is 11.2. The van der Waals surface area contributed by atoms with E-state index in [-0.39, 0.29) is 17.8 Å². The maximum absolute atomic E-state index is 10.1. The van der Waals surface area contributed by atoms with Crippen LogP contribution in [0.15, 0.2) is 0 Å². The average molecular weight is 202 g/mol. The van der Waals surface area contributed by atoms with Crippen molar-refractivity contribution >= 4 is 6.29 Å². The molecule has 0 spiro atoms. The molecule has 0 atom stereocenters. The van der Waals surface area contributed by atoms with Gasteiger partial charge in [0.2, 0.25) is 0 Å². The first kappa shape index (κ1) is 13.6. The molecule has 0 radical (unpaired) electrons. The van der Waals surface area contributed by atoms with Crippen LogP contribution in [-0.4, -0.2) is 30.7 Å². The van der Waals surface area contributed by atoms with Crippen LogP contribution in [-0.2, 0) is 14.3 Å². The molecular formula is C11H22O3. The zero-order valence-corrected chi connectivity index (χ0v) is 9.92. The van der Waals surface area contributed by atoms with Gasteiger partial charge in [-0.2, -0.15) is 0 Å². The molecule has 0 amide bonds. The van der Waals surface area contributed by atoms with E-state index in [1.54, 1.807) is 0 Å². The predicted molar refractivity (Wildman–Crippen MR) is 56.4 cm³/mol. The molecule has 0 aromatic heterocycles. The van der Waals surface area contributed by atoms with Gasteiger partial charge in [-0.25, -0.2) is 0 Å². The Kier molecular flexibility index (Phi) is 5.31. The number of carbonyl (C=O) groups is 1. The first-order valence-electron chi connectivity index (χ1n) is 4.98. The fraction of sp³-hybridized carbons (Fsp3) is 0.909. The van der Waals surface area contributed by atoms with Crippen molar-refractivity contribution in [2.45, 2.75) is 52.2 Å². The highest BCUT2D eigenvalue weighted by Gasteiger charge is 2.19. The van der Waals surface area contributed by atoms with E-state index in [0.717, 1.165) is 12.7 Å². The highest BCUT2D eigenvalue weighted by atomic mass is 16.5. The van der Waals surface area contributed by atoms with E-state index in [1.165, 1.54) is 0 Å². The predicted octanol–water partition coefficient (Wildman–Crippen LogP) is 2.19. The van der Waals surface area contributed by atoms with Crippen LogP contribution >= 0.6 is 0 Å². The maximum atomic E-state index is 10.1. The fourth-order valence-corrected chi connectivity index (χ4v) is 0.935. The van der Waals surface area contributed by atoms with Gasteiger partial charge >= 0.3 is 0 Å². The summed E-state index contributed by atoms with van der Waals surface area (Å²) in [5.74, 6) is 0. The van der Waals surface area contributed by atoms with Gasteiger partial charge in [0.25, 0.3) is 0 Å². The Hall–Kier alpha value is -0.410. The minimum absolute atomic E-state index is 0.110. The van der Waals surface area contributed by atoms with Gasteiger partial charge in [-0.3, -0.25) is 0 Å². The summed E-state index contributed by atoms with van der Waals surface area (Å²) >= 11 is 0. The van der Waals surface area contributed by atoms with E-state index in [9.17, 15) is 4.79 Å². The van der Waals surface area contributed by atoms with Crippen molar-refractivity contribution in [3.8, 4) is 0 Å². The summed E-state index contributed by atoms with van der Waals surface area (Å²) in [5.41, 5.74) is -0.396. The number of carbonyl (C=O) groups excluding carboxylic acids is 1. The largest absolute Gasteiger partial charge is 0.376 e. The highest BCUT2D eigenvalue weighted by Crippen LogP contribution is 2.16. The van der Waals surface area contributed by atoms with E-state index in [1.807, 2.05) is 34.6 Å². The Morgan fingerprint density at radius 3 is 2.07 bits per heavy atom. The lowest BCUT2D eigenvalue weighted by Crippen LogP contribution is -2.29. The molecule has 14 heavy (non-hydrogen) atoms. The molecule has 0 aliphatic heterocycles. The average Bonchev–Trinajstić information content (AvgIpc) is 1.98. The standard InChI is InChI=1S/C11H22O3/c1-10(2,3)13-8-6-11(4,5)14-9-7-12/h7H,6,8-9H2,1-5H3. The molecule has 0 rings (SSSR count). The molecule has 0 fully saturated rings. The van der Waals surface area contributed by atoms with Gasteiger partial charge < -0.3 is 14.3 Å². The van der Waals surface area contributed by atoms with Crippen LogP contribution in [0.25, 0.3) is 0 Å². The van der Waals surface area contributed by atoms with Gasteiger partial charge in [0.05, 0.1) is 11.2 Å². The summed E-state index contributed by atoms with van der Waals surface area (Å²) in [6.07, 6.45) is 1.56. The topological polar surface area (TPSA) is 35.5 Å². The Balaban J connectivity index is 3.70. The van der Waals surface area contributed by atoms with Crippen LogP contribution < -0.4 is 0 Å². The lowest BCUT2D eigenvalue weighted by atomic mass is 10.1. The summed E-state index contributed by atoms with van der Waals surface area (Å²) in [6.45, 7) is 10.8. The summed E-state index contributed by atoms with van der Waals surface area (Å²) in [6, 6.07) is 0. The summed E-state index contributed by atoms with van der Waals surface area (Å²) in [4.78, 5) is 10.1. The van der Waals surface area contributed by atoms with E-state index in [2.05, 4.69) is 0 Å². The van der Waals surface area contributed by atoms with Crippen molar-refractivity contribution in [1.82, 2.24) is 0 Å². The number of ether oxygens (including phenoxy) is 2. The Labute approximate surface area is 86.8 Å². The quantitative estimate of drug-likeness (QED) is 0.619. The number of aldehydes is 1. The third kappa shape index (κ3) is 8.20. The van der Waals surface area contributed by atoms with Crippen LogP contribution in [0, 0.1) is 0 Å². The molecule has 3 nitrogen and oxygen atoms in total. The van der Waals surface area contributed by atoms with Crippen LogP contribution in [0.1, 0.15) is 41.0 Å². The molecule has 0 aromatic carbocycles. The molecule has 0 unspecified atom stereocenters. The summed E-state index contributed by atoms with van der Waals surface area (Å²) in [5, 5.41) is 0. The van der Waals surface area contributed by atoms with Crippen molar-refractivity contribution in [3.63, 3.8) is 0 Å². The highest BCUT2D eigenvalue weighted by molar-refractivity contribution is 5.50. The second-order valence-electron chi connectivity index (χ2n) is 4.95. The Bertz CT molecular complexity index is 168. The Morgan fingerprint density at radius 1 is 1.07 bits per heavy atom. The summed E-state index contributed by atoms with van der Waals surface area (Å²) in [7, 11) is 0. The third-order valence-corrected chi connectivity index (χ3v) is 1.78. The monoisotopic (exact) mass is 202 g/mol. The minimum atomic E-state index is -0.286. The van der Waals surface area contributed by atoms with Gasteiger partial charge in [0.1, 0.15) is 12.9 Å². The molecular weight excluding hydrogens is 180 g/mol. The molecule has 0 aliphatic rings. The molecule has 0 heterocycles. The first-order valence-corrected chi connectivity index (χ1v) is 4.98. The van der Waals surface area contributed by atoms with Crippen LogP contribution in [0.3, 0.4) is 0 Å². The van der Waals surface area contributed by atoms with Gasteiger partial charge in [0.15, 0.2) is 0 Å². The van der Waals surface area contributed by atoms with Crippen LogP contribution in [0.4, 0.5) is 0 Å². The van der Waals surface area contributed by atoms with Gasteiger partial charge in [-0.05, 0) is 41.0 Å². The third-order valence-electron chi connectivity index (χ3n) is 1.78. The van der Waals surface area contributed by atoms with Crippen LogP contribution in [0.2, 0.25) is 0 Å². The van der Waals surface area contributed by atoms with Crippen molar-refractivity contribution < 1.29 is 14.3 Å². The van der Waals surface area contributed by atoms with E-state index < -0.39 is 0 Å². The van der Waals surface area contributed by atoms with Gasteiger partial charge in [-0.15, -0.1) is 0 Å². The van der Waals surface area contributed by atoms with E-state index >= 15 is 0 Å². The molecule has 84 valence electrons. The molecule has 0 bridgehead atoms. The lowest BCUT2D eigenvalue weighted by molar-refractivity contribution is -0.119. The normalized spacial score (nSPS) is 12.9. The Morgan fingerprint density at radius 2 is 1.64 bits per heavy atom. The van der Waals surface area contributed by atoms with E-state index in [0.29, 0.717) is 6.61 Å². The molecule has 0 N–H and O–H groups in total. The molecule has 0 aromatic rings. The molecule has 3 heteroatoms. The zero-order valence-electron chi connectivity index (χ0n) is 9.92. The molecule has 0 saturated heterocycles. The molecule has 0 aliphatic carbocycles. The lowest BCUT2D eigenvalue weighted by Gasteiger charge is -2.27. The van der Waals surface area contributed by atoms with Gasteiger partial charge in [-0.1, -0.05) is 0 Å². The SMILES string of the molecule is CC(C)(C)OCCC(C)(C)OCC=O. The number of rotatable bonds is 6. The van der Waals surface area contributed by atoms with Crippen LogP contribution in [0.5, 0.6) is 0 Å². The maximum Gasteiger partial charge on any atom is 0.145 e. The number of hydrogen-bond acceptors (Lipinski definition) is 3. The second-order valence-corrected chi connectivity index (χ2v) is 4.95. The smallest absolute Gasteiger partial charge is 0.145 e. The van der Waals surface area contributed by atoms with Crippen molar-refractivity contribution in [3.05, 3.63) is 0 Å². The van der Waals surface area contributed by atoms with Crippen molar-refractivity contribution in [2.75, 3.05) is 13.2 Å². The van der Waals surface area contributed by atoms with Crippen molar-refractivity contribution in [1.29, 1.82) is 0 Å². The van der Waals surface area contributed by atoms with E-state index in [4.69, 9.17) is 9.47 Å².